The molecule has 1 rings (SSSR count). The summed E-state index contributed by atoms with van der Waals surface area (Å²) in [5, 5.41) is 0. The summed E-state index contributed by atoms with van der Waals surface area (Å²) in [5.41, 5.74) is 1.09. The maximum atomic E-state index is 4.18. The van der Waals surface area contributed by atoms with Crippen molar-refractivity contribution < 1.29 is 0 Å². The smallest absolute Gasteiger partial charge is 0.131 e. The zero-order valence-electron chi connectivity index (χ0n) is 8.07. The van der Waals surface area contributed by atoms with Crippen LogP contribution >= 0.6 is 0 Å². The highest BCUT2D eigenvalue weighted by molar-refractivity contribution is 5.37. The second-order valence-electron chi connectivity index (χ2n) is 3.35. The summed E-state index contributed by atoms with van der Waals surface area (Å²) in [7, 11) is 3.96. The Labute approximate surface area is 73.5 Å². The predicted octanol–water partition coefficient (Wildman–Crippen LogP) is 1.67. The van der Waals surface area contributed by atoms with Gasteiger partial charge in [-0.15, -0.1) is 0 Å². The third-order valence-electron chi connectivity index (χ3n) is 1.72. The number of aromatic nitrogens is 2. The van der Waals surface area contributed by atoms with Gasteiger partial charge in [-0.2, -0.15) is 0 Å². The SMILES string of the molecule is CC(C)c1cc(N(C)C)ncn1. The average molecular weight is 165 g/mol. The molecule has 0 fully saturated rings. The molecule has 3 nitrogen and oxygen atoms in total. The quantitative estimate of drug-likeness (QED) is 0.667. The Kier molecular flexibility index (Phi) is 2.63. The highest BCUT2D eigenvalue weighted by Crippen LogP contribution is 2.14. The van der Waals surface area contributed by atoms with Crippen LogP contribution in [0.15, 0.2) is 12.4 Å². The number of hydrogen-bond acceptors (Lipinski definition) is 3. The van der Waals surface area contributed by atoms with E-state index in [1.165, 1.54) is 0 Å². The van der Waals surface area contributed by atoms with Crippen LogP contribution in [0, 0.1) is 0 Å². The molecule has 1 aromatic heterocycles. The van der Waals surface area contributed by atoms with Crippen LogP contribution in [0.3, 0.4) is 0 Å². The van der Waals surface area contributed by atoms with E-state index in [-0.39, 0.29) is 0 Å². The van der Waals surface area contributed by atoms with Crippen LogP contribution in [0.25, 0.3) is 0 Å². The third kappa shape index (κ3) is 1.94. The summed E-state index contributed by atoms with van der Waals surface area (Å²) in [6.07, 6.45) is 1.62. The Morgan fingerprint density at radius 3 is 2.42 bits per heavy atom. The standard InChI is InChI=1S/C9H15N3/c1-7(2)8-5-9(12(3)4)11-6-10-8/h5-7H,1-4H3. The second kappa shape index (κ2) is 3.52. The molecule has 0 N–H and O–H groups in total. The average Bonchev–Trinajstić information content (AvgIpc) is 2.04. The van der Waals surface area contributed by atoms with Crippen LogP contribution in [-0.2, 0) is 0 Å². The number of anilines is 1. The normalized spacial score (nSPS) is 10.4. The van der Waals surface area contributed by atoms with Crippen LogP contribution < -0.4 is 4.90 Å². The van der Waals surface area contributed by atoms with E-state index in [0.717, 1.165) is 11.5 Å². The number of hydrogen-bond donors (Lipinski definition) is 0. The molecule has 0 saturated carbocycles. The Morgan fingerprint density at radius 2 is 1.92 bits per heavy atom. The molecule has 0 unspecified atom stereocenters. The molecule has 0 radical (unpaired) electrons. The van der Waals surface area contributed by atoms with E-state index in [0.29, 0.717) is 5.92 Å². The molecule has 0 aromatic carbocycles. The van der Waals surface area contributed by atoms with Gasteiger partial charge in [-0.05, 0) is 5.92 Å². The molecule has 66 valence electrons. The molecule has 0 spiro atoms. The molecule has 12 heavy (non-hydrogen) atoms. The minimum Gasteiger partial charge on any atom is -0.363 e. The zero-order chi connectivity index (χ0) is 9.14. The minimum absolute atomic E-state index is 0.465. The van der Waals surface area contributed by atoms with Crippen molar-refractivity contribution in [3.8, 4) is 0 Å². The third-order valence-corrected chi connectivity index (χ3v) is 1.72. The van der Waals surface area contributed by atoms with E-state index < -0.39 is 0 Å². The minimum atomic E-state index is 0.465. The van der Waals surface area contributed by atoms with E-state index in [1.54, 1.807) is 6.33 Å². The lowest BCUT2D eigenvalue weighted by Gasteiger charge is -2.12. The van der Waals surface area contributed by atoms with E-state index in [4.69, 9.17) is 0 Å². The van der Waals surface area contributed by atoms with Crippen molar-refractivity contribution in [3.63, 3.8) is 0 Å². The van der Waals surface area contributed by atoms with Crippen LogP contribution in [0.2, 0.25) is 0 Å². The van der Waals surface area contributed by atoms with Crippen molar-refractivity contribution in [2.24, 2.45) is 0 Å². The van der Waals surface area contributed by atoms with Gasteiger partial charge in [-0.25, -0.2) is 9.97 Å². The molecular formula is C9H15N3. The van der Waals surface area contributed by atoms with Gasteiger partial charge in [0.1, 0.15) is 12.1 Å². The van der Waals surface area contributed by atoms with E-state index in [1.807, 2.05) is 25.1 Å². The van der Waals surface area contributed by atoms with Crippen molar-refractivity contribution in [2.45, 2.75) is 19.8 Å². The van der Waals surface area contributed by atoms with Crippen LogP contribution in [0.4, 0.5) is 5.82 Å². The van der Waals surface area contributed by atoms with E-state index in [2.05, 4.69) is 23.8 Å². The first kappa shape index (κ1) is 8.97. The maximum absolute atomic E-state index is 4.18. The Bertz CT molecular complexity index is 232. The molecule has 0 amide bonds. The largest absolute Gasteiger partial charge is 0.363 e. The van der Waals surface area contributed by atoms with Gasteiger partial charge in [-0.3, -0.25) is 0 Å². The fourth-order valence-corrected chi connectivity index (χ4v) is 0.922. The van der Waals surface area contributed by atoms with Gasteiger partial charge in [-0.1, -0.05) is 13.8 Å². The Morgan fingerprint density at radius 1 is 1.25 bits per heavy atom. The Balaban J connectivity index is 2.96. The molecular weight excluding hydrogens is 150 g/mol. The van der Waals surface area contributed by atoms with E-state index in [9.17, 15) is 0 Å². The topological polar surface area (TPSA) is 29.0 Å². The van der Waals surface area contributed by atoms with Crippen molar-refractivity contribution in [3.05, 3.63) is 18.1 Å². The Hall–Kier alpha value is -1.12. The summed E-state index contributed by atoms with van der Waals surface area (Å²) >= 11 is 0. The van der Waals surface area contributed by atoms with Crippen molar-refractivity contribution in [1.82, 2.24) is 9.97 Å². The molecule has 1 heterocycles. The molecule has 0 bridgehead atoms. The summed E-state index contributed by atoms with van der Waals surface area (Å²) in [5.74, 6) is 1.43. The van der Waals surface area contributed by atoms with E-state index >= 15 is 0 Å². The van der Waals surface area contributed by atoms with Crippen LogP contribution in [-0.4, -0.2) is 24.1 Å². The monoisotopic (exact) mass is 165 g/mol. The number of rotatable bonds is 2. The maximum Gasteiger partial charge on any atom is 0.131 e. The summed E-state index contributed by atoms with van der Waals surface area (Å²) in [6.45, 7) is 4.25. The highest BCUT2D eigenvalue weighted by Gasteiger charge is 2.03. The molecule has 3 heteroatoms. The molecule has 0 aliphatic carbocycles. The van der Waals surface area contributed by atoms with Crippen molar-refractivity contribution in [2.75, 3.05) is 19.0 Å². The van der Waals surface area contributed by atoms with Crippen LogP contribution in [0.5, 0.6) is 0 Å². The van der Waals surface area contributed by atoms with Gasteiger partial charge in [0, 0.05) is 25.9 Å². The molecule has 0 atom stereocenters. The first-order chi connectivity index (χ1) is 5.61. The molecule has 1 aromatic rings. The van der Waals surface area contributed by atoms with Gasteiger partial charge in [0.2, 0.25) is 0 Å². The lowest BCUT2D eigenvalue weighted by Crippen LogP contribution is -2.11. The van der Waals surface area contributed by atoms with Gasteiger partial charge >= 0.3 is 0 Å². The van der Waals surface area contributed by atoms with Gasteiger partial charge in [0.15, 0.2) is 0 Å². The van der Waals surface area contributed by atoms with Gasteiger partial charge in [0.05, 0.1) is 0 Å². The first-order valence-corrected chi connectivity index (χ1v) is 4.10. The highest BCUT2D eigenvalue weighted by atomic mass is 15.1. The summed E-state index contributed by atoms with van der Waals surface area (Å²) in [4.78, 5) is 10.3. The second-order valence-corrected chi connectivity index (χ2v) is 3.35. The fraction of sp³-hybridized carbons (Fsp3) is 0.556. The van der Waals surface area contributed by atoms with Gasteiger partial charge < -0.3 is 4.90 Å². The molecule has 0 aliphatic heterocycles. The molecule has 0 aliphatic rings. The number of nitrogens with zero attached hydrogens (tertiary/aromatic N) is 3. The van der Waals surface area contributed by atoms with Gasteiger partial charge in [0.25, 0.3) is 0 Å². The van der Waals surface area contributed by atoms with Crippen LogP contribution in [0.1, 0.15) is 25.5 Å². The summed E-state index contributed by atoms with van der Waals surface area (Å²) < 4.78 is 0. The summed E-state index contributed by atoms with van der Waals surface area (Å²) in [6, 6.07) is 2.02. The predicted molar refractivity (Wildman–Crippen MR) is 50.4 cm³/mol. The zero-order valence-corrected chi connectivity index (χ0v) is 8.07. The van der Waals surface area contributed by atoms with Crippen molar-refractivity contribution >= 4 is 5.82 Å². The molecule has 0 saturated heterocycles. The van der Waals surface area contributed by atoms with Crippen molar-refractivity contribution in [1.29, 1.82) is 0 Å². The lowest BCUT2D eigenvalue weighted by atomic mass is 10.1. The fourth-order valence-electron chi connectivity index (χ4n) is 0.922. The first-order valence-electron chi connectivity index (χ1n) is 4.10. The lowest BCUT2D eigenvalue weighted by molar-refractivity contribution is 0.811.